The summed E-state index contributed by atoms with van der Waals surface area (Å²) in [5, 5.41) is 2.57. The molecule has 0 saturated heterocycles. The minimum Gasteiger partial charge on any atom is -0.383 e. The fourth-order valence-electron chi connectivity index (χ4n) is 1.66. The van der Waals surface area contributed by atoms with Gasteiger partial charge in [0.15, 0.2) is 11.3 Å². The van der Waals surface area contributed by atoms with Gasteiger partial charge in [0.05, 0.1) is 6.61 Å². The summed E-state index contributed by atoms with van der Waals surface area (Å²) in [6.07, 6.45) is 1.57. The van der Waals surface area contributed by atoms with Crippen molar-refractivity contribution in [3.05, 3.63) is 34.4 Å². The molecular weight excluding hydrogens is 248 g/mol. The van der Waals surface area contributed by atoms with Crippen LogP contribution in [0.4, 0.5) is 0 Å². The van der Waals surface area contributed by atoms with Crippen molar-refractivity contribution in [2.75, 3.05) is 20.3 Å². The number of hydrogen-bond acceptors (Lipinski definition) is 5. The van der Waals surface area contributed by atoms with Gasteiger partial charge in [-0.3, -0.25) is 14.2 Å². The SMILES string of the molecule is COCCNC(=O)c1nc2cccnc2n(C)c1=O. The Morgan fingerprint density at radius 1 is 1.53 bits per heavy atom. The first-order valence-corrected chi connectivity index (χ1v) is 5.74. The highest BCUT2D eigenvalue weighted by Gasteiger charge is 2.15. The maximum absolute atomic E-state index is 12.0. The monoisotopic (exact) mass is 262 g/mol. The number of aromatic nitrogens is 3. The van der Waals surface area contributed by atoms with E-state index in [1.54, 1.807) is 25.4 Å². The van der Waals surface area contributed by atoms with Crippen LogP contribution in [-0.4, -0.2) is 40.7 Å². The highest BCUT2D eigenvalue weighted by Crippen LogP contribution is 2.05. The number of nitrogens with zero attached hydrogens (tertiary/aromatic N) is 3. The summed E-state index contributed by atoms with van der Waals surface area (Å²) in [4.78, 5) is 32.0. The summed E-state index contributed by atoms with van der Waals surface area (Å²) < 4.78 is 6.14. The van der Waals surface area contributed by atoms with Gasteiger partial charge in [-0.15, -0.1) is 0 Å². The molecule has 19 heavy (non-hydrogen) atoms. The van der Waals surface area contributed by atoms with Gasteiger partial charge >= 0.3 is 0 Å². The van der Waals surface area contributed by atoms with E-state index in [4.69, 9.17) is 4.74 Å². The summed E-state index contributed by atoms with van der Waals surface area (Å²) in [6, 6.07) is 3.40. The van der Waals surface area contributed by atoms with Crippen molar-refractivity contribution in [2.24, 2.45) is 7.05 Å². The summed E-state index contributed by atoms with van der Waals surface area (Å²) in [6.45, 7) is 0.701. The van der Waals surface area contributed by atoms with Crippen LogP contribution in [0.2, 0.25) is 0 Å². The van der Waals surface area contributed by atoms with Gasteiger partial charge < -0.3 is 10.1 Å². The van der Waals surface area contributed by atoms with Crippen molar-refractivity contribution in [3.8, 4) is 0 Å². The van der Waals surface area contributed by atoms with E-state index in [2.05, 4.69) is 15.3 Å². The van der Waals surface area contributed by atoms with Gasteiger partial charge in [0.25, 0.3) is 11.5 Å². The van der Waals surface area contributed by atoms with E-state index in [0.29, 0.717) is 24.3 Å². The molecule has 0 aliphatic carbocycles. The van der Waals surface area contributed by atoms with Crippen molar-refractivity contribution >= 4 is 17.1 Å². The third-order valence-electron chi connectivity index (χ3n) is 2.63. The summed E-state index contributed by atoms with van der Waals surface area (Å²) in [7, 11) is 3.09. The van der Waals surface area contributed by atoms with Crippen molar-refractivity contribution in [2.45, 2.75) is 0 Å². The van der Waals surface area contributed by atoms with Crippen LogP contribution in [0.15, 0.2) is 23.1 Å². The lowest BCUT2D eigenvalue weighted by atomic mass is 10.3. The topological polar surface area (TPSA) is 86.1 Å². The molecule has 0 radical (unpaired) electrons. The van der Waals surface area contributed by atoms with Gasteiger partial charge in [-0.1, -0.05) is 0 Å². The molecule has 0 aromatic carbocycles. The van der Waals surface area contributed by atoms with Gasteiger partial charge in [0.2, 0.25) is 0 Å². The first-order valence-electron chi connectivity index (χ1n) is 5.74. The minimum atomic E-state index is -0.511. The maximum atomic E-state index is 12.0. The first-order chi connectivity index (χ1) is 9.15. The molecule has 2 aromatic heterocycles. The lowest BCUT2D eigenvalue weighted by Crippen LogP contribution is -2.35. The maximum Gasteiger partial charge on any atom is 0.283 e. The number of nitrogens with one attached hydrogen (secondary N) is 1. The van der Waals surface area contributed by atoms with Crippen molar-refractivity contribution in [3.63, 3.8) is 0 Å². The molecule has 2 aromatic rings. The number of amides is 1. The van der Waals surface area contributed by atoms with Crippen LogP contribution in [0.5, 0.6) is 0 Å². The number of pyridine rings is 1. The molecule has 0 bridgehead atoms. The smallest absolute Gasteiger partial charge is 0.283 e. The number of hydrogen-bond donors (Lipinski definition) is 1. The molecule has 0 aliphatic rings. The molecule has 2 heterocycles. The van der Waals surface area contributed by atoms with E-state index in [1.807, 2.05) is 0 Å². The van der Waals surface area contributed by atoms with Gasteiger partial charge in [-0.05, 0) is 12.1 Å². The normalized spacial score (nSPS) is 10.6. The molecule has 0 aliphatic heterocycles. The van der Waals surface area contributed by atoms with Crippen LogP contribution >= 0.6 is 0 Å². The average molecular weight is 262 g/mol. The van der Waals surface area contributed by atoms with Crippen LogP contribution in [0.1, 0.15) is 10.5 Å². The van der Waals surface area contributed by atoms with E-state index >= 15 is 0 Å². The second kappa shape index (κ2) is 5.57. The predicted molar refractivity (Wildman–Crippen MR) is 69.0 cm³/mol. The Kier molecular flexibility index (Phi) is 3.86. The lowest BCUT2D eigenvalue weighted by molar-refractivity contribution is 0.0930. The molecule has 1 amide bonds. The fraction of sp³-hybridized carbons (Fsp3) is 0.333. The number of carbonyl (C=O) groups excluding carboxylic acids is 1. The number of aryl methyl sites for hydroxylation is 1. The molecule has 100 valence electrons. The molecule has 7 heteroatoms. The van der Waals surface area contributed by atoms with Gasteiger partial charge in [0.1, 0.15) is 5.52 Å². The van der Waals surface area contributed by atoms with E-state index < -0.39 is 11.5 Å². The molecule has 7 nitrogen and oxygen atoms in total. The van der Waals surface area contributed by atoms with Crippen molar-refractivity contribution in [1.29, 1.82) is 0 Å². The first kappa shape index (κ1) is 13.2. The molecule has 0 atom stereocenters. The fourth-order valence-corrected chi connectivity index (χ4v) is 1.66. The van der Waals surface area contributed by atoms with Crippen LogP contribution < -0.4 is 10.9 Å². The zero-order chi connectivity index (χ0) is 13.8. The molecule has 0 saturated carbocycles. The van der Waals surface area contributed by atoms with Crippen molar-refractivity contribution in [1.82, 2.24) is 19.9 Å². The zero-order valence-electron chi connectivity index (χ0n) is 10.7. The Bertz CT molecular complexity index is 666. The van der Waals surface area contributed by atoms with Crippen LogP contribution in [0, 0.1) is 0 Å². The zero-order valence-corrected chi connectivity index (χ0v) is 10.7. The summed E-state index contributed by atoms with van der Waals surface area (Å²) in [5.74, 6) is -0.511. The van der Waals surface area contributed by atoms with Crippen LogP contribution in [-0.2, 0) is 11.8 Å². The number of ether oxygens (including phenoxy) is 1. The average Bonchev–Trinajstić information content (AvgIpc) is 2.43. The van der Waals surface area contributed by atoms with Crippen LogP contribution in [0.25, 0.3) is 11.2 Å². The van der Waals surface area contributed by atoms with E-state index in [0.717, 1.165) is 0 Å². The van der Waals surface area contributed by atoms with E-state index in [-0.39, 0.29) is 5.69 Å². The molecule has 2 rings (SSSR count). The molecule has 0 fully saturated rings. The number of methoxy groups -OCH3 is 1. The molecule has 1 N–H and O–H groups in total. The predicted octanol–water partition coefficient (Wildman–Crippen LogP) is -0.295. The summed E-state index contributed by atoms with van der Waals surface area (Å²) in [5.41, 5.74) is 0.336. The Balaban J connectivity index is 2.41. The van der Waals surface area contributed by atoms with Gasteiger partial charge in [-0.25, -0.2) is 9.97 Å². The van der Waals surface area contributed by atoms with Crippen molar-refractivity contribution < 1.29 is 9.53 Å². The molecule has 0 unspecified atom stereocenters. The lowest BCUT2D eigenvalue weighted by Gasteiger charge is -2.07. The van der Waals surface area contributed by atoms with E-state index in [9.17, 15) is 9.59 Å². The highest BCUT2D eigenvalue weighted by molar-refractivity contribution is 5.93. The Morgan fingerprint density at radius 3 is 3.05 bits per heavy atom. The third-order valence-corrected chi connectivity index (χ3v) is 2.63. The standard InChI is InChI=1S/C12H14N4O3/c1-16-10-8(4-3-5-13-10)15-9(12(16)18)11(17)14-6-7-19-2/h3-5H,6-7H2,1-2H3,(H,14,17). The quantitative estimate of drug-likeness (QED) is 0.765. The number of fused-ring (bicyclic) bond motifs is 1. The largest absolute Gasteiger partial charge is 0.383 e. The van der Waals surface area contributed by atoms with E-state index in [1.165, 1.54) is 11.7 Å². The Labute approximate surface area is 109 Å². The Hall–Kier alpha value is -2.28. The number of carbonyl (C=O) groups is 1. The highest BCUT2D eigenvalue weighted by atomic mass is 16.5. The second-order valence-corrected chi connectivity index (χ2v) is 3.92. The second-order valence-electron chi connectivity index (χ2n) is 3.92. The third kappa shape index (κ3) is 2.60. The van der Waals surface area contributed by atoms with Gasteiger partial charge in [0, 0.05) is 26.9 Å². The van der Waals surface area contributed by atoms with Crippen LogP contribution in [0.3, 0.4) is 0 Å². The minimum absolute atomic E-state index is 0.140. The Morgan fingerprint density at radius 2 is 2.32 bits per heavy atom. The summed E-state index contributed by atoms with van der Waals surface area (Å²) >= 11 is 0. The molecule has 0 spiro atoms. The molecular formula is C12H14N4O3. The number of rotatable bonds is 4. The van der Waals surface area contributed by atoms with Gasteiger partial charge in [-0.2, -0.15) is 0 Å².